The molecule has 0 aliphatic carbocycles. The fourth-order valence-electron chi connectivity index (χ4n) is 2.23. The number of hydrogen-bond acceptors (Lipinski definition) is 3. The Morgan fingerprint density at radius 1 is 1.22 bits per heavy atom. The molecule has 1 aromatic carbocycles. The average molecular weight is 246 g/mol. The number of unbranched alkanes of at least 4 members (excludes halogenated alkanes) is 2. The largest absolute Gasteiger partial charge is 0.502 e. The minimum absolute atomic E-state index is 0.234. The van der Waals surface area contributed by atoms with Gasteiger partial charge in [0.1, 0.15) is 6.10 Å². The van der Waals surface area contributed by atoms with Crippen LogP contribution in [-0.4, -0.2) is 17.2 Å². The molecule has 3 nitrogen and oxygen atoms in total. The molecule has 0 amide bonds. The van der Waals surface area contributed by atoms with Crippen LogP contribution in [0.4, 0.5) is 0 Å². The van der Waals surface area contributed by atoms with Gasteiger partial charge in [0.15, 0.2) is 0 Å². The molecule has 1 aliphatic heterocycles. The number of hydrogen-bond donors (Lipinski definition) is 1. The second kappa shape index (κ2) is 5.71. The monoisotopic (exact) mass is 246 g/mol. The standard InChI is InChI=1S/C15H18O3/c1-2-3-5-10-12-13(14(16)15(17)18-12)11-8-6-4-7-9-11/h4,6-9,12,16H,2-3,5,10H2,1H3. The van der Waals surface area contributed by atoms with Crippen molar-refractivity contribution in [3.8, 4) is 0 Å². The van der Waals surface area contributed by atoms with Crippen molar-refractivity contribution in [1.29, 1.82) is 0 Å². The van der Waals surface area contributed by atoms with E-state index in [0.29, 0.717) is 5.57 Å². The van der Waals surface area contributed by atoms with Gasteiger partial charge in [-0.25, -0.2) is 4.79 Å². The predicted octanol–water partition coefficient (Wildman–Crippen LogP) is 3.46. The Kier molecular flexibility index (Phi) is 4.03. The normalized spacial score (nSPS) is 19.2. The van der Waals surface area contributed by atoms with E-state index in [1.54, 1.807) is 0 Å². The molecule has 0 saturated carbocycles. The molecular formula is C15H18O3. The van der Waals surface area contributed by atoms with E-state index in [0.717, 1.165) is 31.2 Å². The van der Waals surface area contributed by atoms with Crippen molar-refractivity contribution in [3.63, 3.8) is 0 Å². The lowest BCUT2D eigenvalue weighted by Crippen LogP contribution is -2.11. The molecule has 1 heterocycles. The quantitative estimate of drug-likeness (QED) is 0.639. The second-order valence-corrected chi connectivity index (χ2v) is 4.52. The molecule has 96 valence electrons. The molecule has 1 aliphatic rings. The Balaban J connectivity index is 2.20. The van der Waals surface area contributed by atoms with Crippen LogP contribution < -0.4 is 0 Å². The van der Waals surface area contributed by atoms with Gasteiger partial charge in [0, 0.05) is 5.57 Å². The first-order valence-electron chi connectivity index (χ1n) is 6.43. The van der Waals surface area contributed by atoms with Crippen LogP contribution in [0.25, 0.3) is 5.57 Å². The first kappa shape index (κ1) is 12.7. The number of benzene rings is 1. The minimum atomic E-state index is -0.602. The molecule has 0 fully saturated rings. The van der Waals surface area contributed by atoms with Gasteiger partial charge in [-0.15, -0.1) is 0 Å². The molecule has 18 heavy (non-hydrogen) atoms. The third kappa shape index (κ3) is 2.55. The Labute approximate surface area is 107 Å². The van der Waals surface area contributed by atoms with E-state index in [2.05, 4.69) is 6.92 Å². The zero-order valence-electron chi connectivity index (χ0n) is 10.6. The van der Waals surface area contributed by atoms with Crippen LogP contribution >= 0.6 is 0 Å². The summed E-state index contributed by atoms with van der Waals surface area (Å²) in [5.41, 5.74) is 1.50. The van der Waals surface area contributed by atoms with Crippen LogP contribution in [0.5, 0.6) is 0 Å². The third-order valence-corrected chi connectivity index (χ3v) is 3.17. The fraction of sp³-hybridized carbons (Fsp3) is 0.400. The second-order valence-electron chi connectivity index (χ2n) is 4.52. The van der Waals surface area contributed by atoms with Gasteiger partial charge >= 0.3 is 5.97 Å². The SMILES string of the molecule is CCCCCC1OC(=O)C(O)=C1c1ccccc1. The zero-order valence-corrected chi connectivity index (χ0v) is 10.6. The number of cyclic esters (lactones) is 1. The van der Waals surface area contributed by atoms with E-state index < -0.39 is 5.97 Å². The van der Waals surface area contributed by atoms with E-state index in [4.69, 9.17) is 4.74 Å². The number of carbonyl (C=O) groups excluding carboxylic acids is 1. The maximum absolute atomic E-state index is 11.5. The van der Waals surface area contributed by atoms with Gasteiger partial charge in [-0.05, 0) is 18.4 Å². The summed E-state index contributed by atoms with van der Waals surface area (Å²) in [4.78, 5) is 11.5. The van der Waals surface area contributed by atoms with Gasteiger partial charge in [0.2, 0.25) is 5.76 Å². The van der Waals surface area contributed by atoms with Gasteiger partial charge in [0.25, 0.3) is 0 Å². The number of aliphatic hydroxyl groups excluding tert-OH is 1. The molecule has 0 spiro atoms. The average Bonchev–Trinajstić information content (AvgIpc) is 2.67. The van der Waals surface area contributed by atoms with E-state index >= 15 is 0 Å². The van der Waals surface area contributed by atoms with Crippen molar-refractivity contribution in [2.45, 2.75) is 38.7 Å². The number of ether oxygens (including phenoxy) is 1. The predicted molar refractivity (Wildman–Crippen MR) is 70.0 cm³/mol. The minimum Gasteiger partial charge on any atom is -0.502 e. The van der Waals surface area contributed by atoms with E-state index in [9.17, 15) is 9.90 Å². The lowest BCUT2D eigenvalue weighted by atomic mass is 9.97. The Morgan fingerprint density at radius 3 is 2.61 bits per heavy atom. The zero-order chi connectivity index (χ0) is 13.0. The van der Waals surface area contributed by atoms with Gasteiger partial charge < -0.3 is 9.84 Å². The maximum atomic E-state index is 11.5. The van der Waals surface area contributed by atoms with Gasteiger partial charge in [-0.2, -0.15) is 0 Å². The Morgan fingerprint density at radius 2 is 1.94 bits per heavy atom. The summed E-state index contributed by atoms with van der Waals surface area (Å²) >= 11 is 0. The van der Waals surface area contributed by atoms with Crippen LogP contribution in [-0.2, 0) is 9.53 Å². The summed E-state index contributed by atoms with van der Waals surface area (Å²) in [5.74, 6) is -0.835. The highest BCUT2D eigenvalue weighted by molar-refractivity contribution is 6.00. The molecule has 0 bridgehead atoms. The molecule has 0 aromatic heterocycles. The molecular weight excluding hydrogens is 228 g/mol. The van der Waals surface area contributed by atoms with Crippen LogP contribution in [0.2, 0.25) is 0 Å². The summed E-state index contributed by atoms with van der Waals surface area (Å²) in [5, 5.41) is 9.84. The summed E-state index contributed by atoms with van der Waals surface area (Å²) in [6, 6.07) is 9.47. The summed E-state index contributed by atoms with van der Waals surface area (Å²) < 4.78 is 5.22. The van der Waals surface area contributed by atoms with Crippen molar-refractivity contribution in [2.75, 3.05) is 0 Å². The Hall–Kier alpha value is -1.77. The third-order valence-electron chi connectivity index (χ3n) is 3.17. The van der Waals surface area contributed by atoms with E-state index in [-0.39, 0.29) is 11.9 Å². The highest BCUT2D eigenvalue weighted by Gasteiger charge is 2.34. The molecule has 1 unspecified atom stereocenters. The summed E-state index contributed by atoms with van der Waals surface area (Å²) in [7, 11) is 0. The molecule has 0 radical (unpaired) electrons. The van der Waals surface area contributed by atoms with Crippen LogP contribution in [0.1, 0.15) is 38.2 Å². The molecule has 0 saturated heterocycles. The van der Waals surface area contributed by atoms with E-state index in [1.807, 2.05) is 30.3 Å². The molecule has 2 rings (SSSR count). The number of carbonyl (C=O) groups is 1. The van der Waals surface area contributed by atoms with Crippen molar-refractivity contribution in [2.24, 2.45) is 0 Å². The number of esters is 1. The first-order chi connectivity index (χ1) is 8.74. The lowest BCUT2D eigenvalue weighted by Gasteiger charge is -2.13. The number of rotatable bonds is 5. The highest BCUT2D eigenvalue weighted by Crippen LogP contribution is 2.33. The summed E-state index contributed by atoms with van der Waals surface area (Å²) in [6.07, 6.45) is 3.70. The van der Waals surface area contributed by atoms with Crippen molar-refractivity contribution in [1.82, 2.24) is 0 Å². The molecule has 1 aromatic rings. The van der Waals surface area contributed by atoms with Crippen LogP contribution in [0.3, 0.4) is 0 Å². The lowest BCUT2D eigenvalue weighted by molar-refractivity contribution is -0.142. The van der Waals surface area contributed by atoms with Gasteiger partial charge in [-0.3, -0.25) is 0 Å². The van der Waals surface area contributed by atoms with Crippen molar-refractivity contribution < 1.29 is 14.6 Å². The molecule has 3 heteroatoms. The fourth-order valence-corrected chi connectivity index (χ4v) is 2.23. The van der Waals surface area contributed by atoms with Crippen LogP contribution in [0.15, 0.2) is 36.1 Å². The molecule has 1 atom stereocenters. The Bertz CT molecular complexity index is 448. The smallest absolute Gasteiger partial charge is 0.374 e. The number of aliphatic hydroxyl groups is 1. The maximum Gasteiger partial charge on any atom is 0.374 e. The van der Waals surface area contributed by atoms with Crippen molar-refractivity contribution >= 4 is 11.5 Å². The van der Waals surface area contributed by atoms with Gasteiger partial charge in [0.05, 0.1) is 0 Å². The molecule has 1 N–H and O–H groups in total. The van der Waals surface area contributed by atoms with Gasteiger partial charge in [-0.1, -0.05) is 50.1 Å². The highest BCUT2D eigenvalue weighted by atomic mass is 16.6. The topological polar surface area (TPSA) is 46.5 Å². The summed E-state index contributed by atoms with van der Waals surface area (Å²) in [6.45, 7) is 2.13. The van der Waals surface area contributed by atoms with Crippen LogP contribution in [0, 0.1) is 0 Å². The van der Waals surface area contributed by atoms with Crippen molar-refractivity contribution in [3.05, 3.63) is 41.7 Å². The van der Waals surface area contributed by atoms with E-state index in [1.165, 1.54) is 0 Å². The first-order valence-corrected chi connectivity index (χ1v) is 6.43.